The van der Waals surface area contributed by atoms with Crippen LogP contribution in [0.4, 0.5) is 0 Å². The van der Waals surface area contributed by atoms with Crippen molar-refractivity contribution in [2.75, 3.05) is 32.7 Å². The smallest absolute Gasteiger partial charge is 0.335 e. The first-order valence-electron chi connectivity index (χ1n) is 11.1. The maximum atomic E-state index is 12.9. The first-order valence-corrected chi connectivity index (χ1v) is 11.1. The van der Waals surface area contributed by atoms with Gasteiger partial charge >= 0.3 is 5.97 Å². The van der Waals surface area contributed by atoms with E-state index in [9.17, 15) is 9.59 Å². The van der Waals surface area contributed by atoms with Crippen molar-refractivity contribution in [1.29, 1.82) is 0 Å². The van der Waals surface area contributed by atoms with Crippen molar-refractivity contribution in [3.63, 3.8) is 0 Å². The van der Waals surface area contributed by atoms with Crippen LogP contribution in [0.25, 0.3) is 11.1 Å². The summed E-state index contributed by atoms with van der Waals surface area (Å²) in [6.45, 7) is 6.35. The molecular formula is C24H29N3O3. The molecule has 2 fully saturated rings. The number of piperidine rings is 2. The molecule has 2 N–H and O–H groups in total. The Hall–Kier alpha value is -2.44. The van der Waals surface area contributed by atoms with E-state index in [-0.39, 0.29) is 11.1 Å². The van der Waals surface area contributed by atoms with E-state index < -0.39 is 5.97 Å². The molecule has 6 heteroatoms. The Morgan fingerprint density at radius 2 is 1.93 bits per heavy atom. The first kappa shape index (κ1) is 19.5. The van der Waals surface area contributed by atoms with Gasteiger partial charge in [-0.1, -0.05) is 12.1 Å². The van der Waals surface area contributed by atoms with Crippen molar-refractivity contribution in [2.24, 2.45) is 11.8 Å². The molecule has 0 aliphatic carbocycles. The molecule has 0 radical (unpaired) electrons. The van der Waals surface area contributed by atoms with Crippen LogP contribution in [0.3, 0.4) is 0 Å². The van der Waals surface area contributed by atoms with Gasteiger partial charge in [-0.3, -0.25) is 4.79 Å². The number of hydrogen-bond acceptors (Lipinski definition) is 4. The summed E-state index contributed by atoms with van der Waals surface area (Å²) in [5.74, 6) is 0.735. The quantitative estimate of drug-likeness (QED) is 0.815. The van der Waals surface area contributed by atoms with Crippen LogP contribution < -0.4 is 10.9 Å². The van der Waals surface area contributed by atoms with Crippen LogP contribution >= 0.6 is 0 Å². The number of aromatic nitrogens is 1. The number of nitrogens with one attached hydrogen (secondary N) is 1. The number of carbonyl (C=O) groups is 1. The highest BCUT2D eigenvalue weighted by atomic mass is 16.4. The summed E-state index contributed by atoms with van der Waals surface area (Å²) in [6.07, 6.45) is 3.74. The zero-order valence-electron chi connectivity index (χ0n) is 17.2. The Kier molecular flexibility index (Phi) is 5.21. The molecule has 3 aliphatic rings. The third-order valence-corrected chi connectivity index (χ3v) is 7.01. The molecule has 2 saturated heterocycles. The van der Waals surface area contributed by atoms with Gasteiger partial charge in [-0.15, -0.1) is 0 Å². The molecule has 4 heterocycles. The highest BCUT2D eigenvalue weighted by Crippen LogP contribution is 2.37. The molecule has 0 saturated carbocycles. The molecule has 30 heavy (non-hydrogen) atoms. The van der Waals surface area contributed by atoms with Gasteiger partial charge in [0.2, 0.25) is 0 Å². The standard InChI is InChI=1S/C24H29N3O3/c28-23-10-20(18-3-5-19(6-4-18)24(29)30)9-22-21-8-17(14-27(22)23)13-26(15-21)12-16-2-1-7-25-11-16/h3-6,9-10,16-17,21,25H,1-2,7-8,11-15H2,(H,29,30)/t16-,17-,21+/m0/s1. The molecule has 6 nitrogen and oxygen atoms in total. The fourth-order valence-corrected chi connectivity index (χ4v) is 5.62. The van der Waals surface area contributed by atoms with Crippen molar-refractivity contribution in [2.45, 2.75) is 31.7 Å². The normalized spacial score (nSPS) is 26.2. The number of fused-ring (bicyclic) bond motifs is 4. The number of pyridine rings is 1. The summed E-state index contributed by atoms with van der Waals surface area (Å²) in [5.41, 5.74) is 3.24. The number of rotatable bonds is 4. The molecule has 158 valence electrons. The lowest BCUT2D eigenvalue weighted by Crippen LogP contribution is -2.49. The van der Waals surface area contributed by atoms with Crippen molar-refractivity contribution >= 4 is 5.97 Å². The van der Waals surface area contributed by atoms with Crippen molar-refractivity contribution in [1.82, 2.24) is 14.8 Å². The summed E-state index contributed by atoms with van der Waals surface area (Å²) in [6, 6.07) is 10.7. The molecule has 1 aromatic carbocycles. The summed E-state index contributed by atoms with van der Waals surface area (Å²) in [5, 5.41) is 12.7. The van der Waals surface area contributed by atoms with Crippen molar-refractivity contribution in [3.8, 4) is 11.1 Å². The Labute approximate surface area is 176 Å². The SMILES string of the molecule is O=C(O)c1ccc(-c2cc3n(c(=O)c2)C[C@H]2C[C@@H]3CN(C[C@H]3CCCNC3)C2)cc1. The lowest BCUT2D eigenvalue weighted by atomic mass is 9.82. The average Bonchev–Trinajstić information content (AvgIpc) is 2.75. The molecule has 2 bridgehead atoms. The van der Waals surface area contributed by atoms with Gasteiger partial charge < -0.3 is 19.9 Å². The summed E-state index contributed by atoms with van der Waals surface area (Å²) < 4.78 is 1.98. The van der Waals surface area contributed by atoms with Crippen LogP contribution in [0.2, 0.25) is 0 Å². The molecule has 1 aromatic heterocycles. The zero-order chi connectivity index (χ0) is 20.7. The number of hydrogen-bond donors (Lipinski definition) is 2. The third-order valence-electron chi connectivity index (χ3n) is 7.01. The maximum absolute atomic E-state index is 12.9. The topological polar surface area (TPSA) is 74.6 Å². The average molecular weight is 408 g/mol. The van der Waals surface area contributed by atoms with Gasteiger partial charge in [0.15, 0.2) is 0 Å². The largest absolute Gasteiger partial charge is 0.478 e. The predicted molar refractivity (Wildman–Crippen MR) is 116 cm³/mol. The van der Waals surface area contributed by atoms with E-state index in [1.165, 1.54) is 12.8 Å². The molecule has 0 spiro atoms. The molecule has 3 atom stereocenters. The fraction of sp³-hybridized carbons (Fsp3) is 0.500. The van der Waals surface area contributed by atoms with Crippen LogP contribution in [0.1, 0.15) is 41.2 Å². The number of carboxylic acids is 1. The van der Waals surface area contributed by atoms with E-state index in [1.807, 2.05) is 4.57 Å². The highest BCUT2D eigenvalue weighted by molar-refractivity contribution is 5.88. The van der Waals surface area contributed by atoms with Crippen LogP contribution in [0, 0.1) is 11.8 Å². The van der Waals surface area contributed by atoms with Gasteiger partial charge in [-0.2, -0.15) is 0 Å². The summed E-state index contributed by atoms with van der Waals surface area (Å²) in [4.78, 5) is 26.7. The number of nitrogens with zero attached hydrogens (tertiary/aromatic N) is 2. The van der Waals surface area contributed by atoms with E-state index in [4.69, 9.17) is 5.11 Å². The molecule has 2 aromatic rings. The highest BCUT2D eigenvalue weighted by Gasteiger charge is 2.35. The Morgan fingerprint density at radius 1 is 1.10 bits per heavy atom. The summed E-state index contributed by atoms with van der Waals surface area (Å²) >= 11 is 0. The number of carboxylic acid groups (broad SMARTS) is 1. The minimum absolute atomic E-state index is 0.0597. The Bertz CT molecular complexity index is 992. The van der Waals surface area contributed by atoms with E-state index >= 15 is 0 Å². The summed E-state index contributed by atoms with van der Waals surface area (Å²) in [7, 11) is 0. The number of benzene rings is 1. The van der Waals surface area contributed by atoms with Crippen molar-refractivity contribution < 1.29 is 9.90 Å². The van der Waals surface area contributed by atoms with Gasteiger partial charge in [0.25, 0.3) is 5.56 Å². The second kappa shape index (κ2) is 8.00. The van der Waals surface area contributed by atoms with E-state index in [0.717, 1.165) is 68.4 Å². The lowest BCUT2D eigenvalue weighted by molar-refractivity contribution is 0.0697. The molecule has 0 unspecified atom stereocenters. The van der Waals surface area contributed by atoms with Crippen LogP contribution in [0.5, 0.6) is 0 Å². The van der Waals surface area contributed by atoms with Gasteiger partial charge in [0, 0.05) is 43.9 Å². The monoisotopic (exact) mass is 407 g/mol. The van der Waals surface area contributed by atoms with Gasteiger partial charge in [0.1, 0.15) is 0 Å². The molecular weight excluding hydrogens is 378 g/mol. The van der Waals surface area contributed by atoms with E-state index in [1.54, 1.807) is 30.3 Å². The molecule has 5 rings (SSSR count). The number of likely N-dealkylation sites (tertiary alicyclic amines) is 1. The molecule has 0 amide bonds. The fourth-order valence-electron chi connectivity index (χ4n) is 5.62. The minimum atomic E-state index is -0.937. The van der Waals surface area contributed by atoms with Crippen molar-refractivity contribution in [3.05, 3.63) is 58.0 Å². The van der Waals surface area contributed by atoms with Crippen LogP contribution in [0.15, 0.2) is 41.2 Å². The second-order valence-electron chi connectivity index (χ2n) is 9.23. The van der Waals surface area contributed by atoms with Gasteiger partial charge in [0.05, 0.1) is 5.56 Å². The Morgan fingerprint density at radius 3 is 2.67 bits per heavy atom. The van der Waals surface area contributed by atoms with E-state index in [0.29, 0.717) is 11.8 Å². The predicted octanol–water partition coefficient (Wildman–Crippen LogP) is 2.63. The first-order chi connectivity index (χ1) is 14.6. The Balaban J connectivity index is 1.40. The molecule has 3 aliphatic heterocycles. The number of aromatic carboxylic acids is 1. The van der Waals surface area contributed by atoms with Gasteiger partial charge in [-0.05, 0) is 73.5 Å². The second-order valence-corrected chi connectivity index (χ2v) is 9.23. The van der Waals surface area contributed by atoms with Crippen LogP contribution in [-0.2, 0) is 6.54 Å². The zero-order valence-corrected chi connectivity index (χ0v) is 17.2. The van der Waals surface area contributed by atoms with E-state index in [2.05, 4.69) is 16.3 Å². The lowest BCUT2D eigenvalue weighted by Gasteiger charge is -2.44. The third kappa shape index (κ3) is 3.82. The minimum Gasteiger partial charge on any atom is -0.478 e. The van der Waals surface area contributed by atoms with Crippen LogP contribution in [-0.4, -0.2) is 53.3 Å². The maximum Gasteiger partial charge on any atom is 0.335 e. The van der Waals surface area contributed by atoms with Gasteiger partial charge in [-0.25, -0.2) is 4.79 Å².